The van der Waals surface area contributed by atoms with Crippen LogP contribution in [0.15, 0.2) is 107 Å². The summed E-state index contributed by atoms with van der Waals surface area (Å²) in [6.45, 7) is 4.18. The lowest BCUT2D eigenvalue weighted by Crippen LogP contribution is -2.31. The number of amides is 1. The van der Waals surface area contributed by atoms with E-state index in [2.05, 4.69) is 6.58 Å². The first-order valence-corrected chi connectivity index (χ1v) is 10.1. The van der Waals surface area contributed by atoms with Crippen molar-refractivity contribution >= 4 is 22.6 Å². The van der Waals surface area contributed by atoms with Crippen molar-refractivity contribution in [3.63, 3.8) is 0 Å². The van der Waals surface area contributed by atoms with Crippen LogP contribution in [0.5, 0.6) is 0 Å². The molecule has 0 bridgehead atoms. The zero-order chi connectivity index (χ0) is 21.9. The maximum Gasteiger partial charge on any atom is 0.258 e. The second-order valence-corrected chi connectivity index (χ2v) is 7.12. The standard InChI is InChI=1S/C26H19N3O3/c1-2-14-29(19-8-4-3-5-9-19)26(30)18-12-13-20-21(17-18)28-25(23-11-7-16-32-23)24(27-20)22-10-6-15-31-22/h2-13,15-17H,1,14H2. The second-order valence-electron chi connectivity index (χ2n) is 7.12. The Morgan fingerprint density at radius 3 is 2.09 bits per heavy atom. The molecule has 5 rings (SSSR count). The van der Waals surface area contributed by atoms with E-state index in [1.807, 2.05) is 42.5 Å². The Bertz CT molecular complexity index is 1380. The minimum Gasteiger partial charge on any atom is -0.463 e. The molecule has 1 amide bonds. The molecule has 2 aromatic carbocycles. The molecular formula is C26H19N3O3. The lowest BCUT2D eigenvalue weighted by atomic mass is 10.1. The Labute approximate surface area is 184 Å². The summed E-state index contributed by atoms with van der Waals surface area (Å²) in [7, 11) is 0. The van der Waals surface area contributed by atoms with Gasteiger partial charge in [0.15, 0.2) is 11.5 Å². The highest BCUT2D eigenvalue weighted by Gasteiger charge is 2.20. The topological polar surface area (TPSA) is 72.4 Å². The molecule has 0 aliphatic carbocycles. The fourth-order valence-corrected chi connectivity index (χ4v) is 3.56. The number of fused-ring (bicyclic) bond motifs is 1. The van der Waals surface area contributed by atoms with Gasteiger partial charge >= 0.3 is 0 Å². The Balaban J connectivity index is 1.61. The third kappa shape index (κ3) is 3.58. The van der Waals surface area contributed by atoms with Crippen LogP contribution >= 0.6 is 0 Å². The maximum absolute atomic E-state index is 13.3. The highest BCUT2D eigenvalue weighted by atomic mass is 16.3. The van der Waals surface area contributed by atoms with Crippen LogP contribution in [0.4, 0.5) is 5.69 Å². The van der Waals surface area contributed by atoms with E-state index in [1.54, 1.807) is 53.8 Å². The third-order valence-corrected chi connectivity index (χ3v) is 5.05. The molecule has 32 heavy (non-hydrogen) atoms. The first-order chi connectivity index (χ1) is 15.7. The molecule has 0 saturated heterocycles. The number of furan rings is 2. The van der Waals surface area contributed by atoms with Gasteiger partial charge in [-0.15, -0.1) is 6.58 Å². The van der Waals surface area contributed by atoms with Gasteiger partial charge in [-0.2, -0.15) is 0 Å². The number of hydrogen-bond acceptors (Lipinski definition) is 5. The predicted molar refractivity (Wildman–Crippen MR) is 123 cm³/mol. The number of hydrogen-bond donors (Lipinski definition) is 0. The molecule has 0 saturated carbocycles. The zero-order valence-electron chi connectivity index (χ0n) is 17.1. The Kier molecular flexibility index (Phi) is 5.09. The van der Waals surface area contributed by atoms with Crippen molar-refractivity contribution < 1.29 is 13.6 Å². The molecule has 3 heterocycles. The highest BCUT2D eigenvalue weighted by molar-refractivity contribution is 6.07. The fraction of sp³-hybridized carbons (Fsp3) is 0.0385. The number of aromatic nitrogens is 2. The Hall–Kier alpha value is -4.45. The van der Waals surface area contributed by atoms with Crippen LogP contribution in [-0.4, -0.2) is 22.4 Å². The molecule has 5 aromatic rings. The summed E-state index contributed by atoms with van der Waals surface area (Å²) in [6, 6.07) is 22.0. The van der Waals surface area contributed by atoms with Crippen LogP contribution in [0, 0.1) is 0 Å². The lowest BCUT2D eigenvalue weighted by Gasteiger charge is -2.21. The van der Waals surface area contributed by atoms with Crippen molar-refractivity contribution in [1.82, 2.24) is 9.97 Å². The number of para-hydroxylation sites is 1. The van der Waals surface area contributed by atoms with E-state index < -0.39 is 0 Å². The highest BCUT2D eigenvalue weighted by Crippen LogP contribution is 2.32. The largest absolute Gasteiger partial charge is 0.463 e. The SMILES string of the molecule is C=CCN(C(=O)c1ccc2nc(-c3ccco3)c(-c3ccco3)nc2c1)c1ccccc1. The molecule has 0 unspecified atom stereocenters. The van der Waals surface area contributed by atoms with Gasteiger partial charge in [-0.25, -0.2) is 9.97 Å². The van der Waals surface area contributed by atoms with E-state index in [9.17, 15) is 4.79 Å². The summed E-state index contributed by atoms with van der Waals surface area (Å²) >= 11 is 0. The van der Waals surface area contributed by atoms with Crippen molar-refractivity contribution in [2.75, 3.05) is 11.4 Å². The van der Waals surface area contributed by atoms with Gasteiger partial charge in [0.05, 0.1) is 23.6 Å². The van der Waals surface area contributed by atoms with Gasteiger partial charge in [0.25, 0.3) is 5.91 Å². The number of nitrogens with zero attached hydrogens (tertiary/aromatic N) is 3. The van der Waals surface area contributed by atoms with E-state index in [-0.39, 0.29) is 5.91 Å². The zero-order valence-corrected chi connectivity index (χ0v) is 17.1. The number of anilines is 1. The quantitative estimate of drug-likeness (QED) is 0.315. The Morgan fingerprint density at radius 1 is 0.844 bits per heavy atom. The molecule has 3 aromatic heterocycles. The van der Waals surface area contributed by atoms with E-state index in [0.717, 1.165) is 5.69 Å². The summed E-state index contributed by atoms with van der Waals surface area (Å²) in [6.07, 6.45) is 4.88. The molecule has 0 radical (unpaired) electrons. The molecular weight excluding hydrogens is 402 g/mol. The van der Waals surface area contributed by atoms with Crippen molar-refractivity contribution in [2.45, 2.75) is 0 Å². The molecule has 0 N–H and O–H groups in total. The van der Waals surface area contributed by atoms with E-state index in [4.69, 9.17) is 18.8 Å². The summed E-state index contributed by atoms with van der Waals surface area (Å²) in [5.74, 6) is 1.02. The van der Waals surface area contributed by atoms with Gasteiger partial charge < -0.3 is 13.7 Å². The molecule has 156 valence electrons. The molecule has 0 spiro atoms. The normalized spacial score (nSPS) is 10.9. The minimum atomic E-state index is -0.144. The van der Waals surface area contributed by atoms with Crippen LogP contribution in [0.3, 0.4) is 0 Å². The van der Waals surface area contributed by atoms with E-state index in [1.165, 1.54) is 0 Å². The third-order valence-electron chi connectivity index (χ3n) is 5.05. The summed E-state index contributed by atoms with van der Waals surface area (Å²) in [5, 5.41) is 0. The molecule has 0 fully saturated rings. The molecule has 0 aliphatic rings. The van der Waals surface area contributed by atoms with Crippen molar-refractivity contribution in [3.05, 3.63) is 104 Å². The molecule has 6 heteroatoms. The van der Waals surface area contributed by atoms with E-state index in [0.29, 0.717) is 46.0 Å². The van der Waals surface area contributed by atoms with Gasteiger partial charge in [0.2, 0.25) is 0 Å². The maximum atomic E-state index is 13.3. The number of carbonyl (C=O) groups is 1. The van der Waals surface area contributed by atoms with Gasteiger partial charge in [0.1, 0.15) is 11.4 Å². The van der Waals surface area contributed by atoms with Crippen LogP contribution in [-0.2, 0) is 0 Å². The van der Waals surface area contributed by atoms with Crippen LogP contribution in [0.1, 0.15) is 10.4 Å². The monoisotopic (exact) mass is 421 g/mol. The van der Waals surface area contributed by atoms with Gasteiger partial charge in [-0.05, 0) is 54.6 Å². The summed E-state index contributed by atoms with van der Waals surface area (Å²) in [5.41, 5.74) is 3.67. The van der Waals surface area contributed by atoms with Gasteiger partial charge in [-0.1, -0.05) is 24.3 Å². The van der Waals surface area contributed by atoms with Crippen LogP contribution in [0.2, 0.25) is 0 Å². The molecule has 6 nitrogen and oxygen atoms in total. The summed E-state index contributed by atoms with van der Waals surface area (Å²) in [4.78, 5) is 24.6. The first-order valence-electron chi connectivity index (χ1n) is 10.1. The fourth-order valence-electron chi connectivity index (χ4n) is 3.56. The van der Waals surface area contributed by atoms with Crippen molar-refractivity contribution in [2.24, 2.45) is 0 Å². The number of rotatable bonds is 6. The number of benzene rings is 2. The minimum absolute atomic E-state index is 0.144. The number of carbonyl (C=O) groups excluding carboxylic acids is 1. The van der Waals surface area contributed by atoms with Crippen LogP contribution < -0.4 is 4.90 Å². The average molecular weight is 421 g/mol. The second kappa shape index (κ2) is 8.35. The van der Waals surface area contributed by atoms with E-state index >= 15 is 0 Å². The first kappa shape index (κ1) is 19.5. The van der Waals surface area contributed by atoms with Crippen molar-refractivity contribution in [1.29, 1.82) is 0 Å². The van der Waals surface area contributed by atoms with Gasteiger partial charge in [0, 0.05) is 17.8 Å². The van der Waals surface area contributed by atoms with Gasteiger partial charge in [-0.3, -0.25) is 4.79 Å². The molecule has 0 aliphatic heterocycles. The molecule has 0 atom stereocenters. The Morgan fingerprint density at radius 2 is 1.50 bits per heavy atom. The lowest BCUT2D eigenvalue weighted by molar-refractivity contribution is 0.0990. The smallest absolute Gasteiger partial charge is 0.258 e. The predicted octanol–water partition coefficient (Wildman–Crippen LogP) is 5.98. The average Bonchev–Trinajstić information content (AvgIpc) is 3.56. The van der Waals surface area contributed by atoms with Crippen LogP contribution in [0.25, 0.3) is 33.9 Å². The van der Waals surface area contributed by atoms with Crippen molar-refractivity contribution in [3.8, 4) is 22.9 Å². The summed E-state index contributed by atoms with van der Waals surface area (Å²) < 4.78 is 11.1.